The van der Waals surface area contributed by atoms with Crippen molar-refractivity contribution in [3.05, 3.63) is 153 Å². The quantitative estimate of drug-likeness (QED) is 0.0407. The minimum atomic E-state index is -1.10. The van der Waals surface area contributed by atoms with Crippen molar-refractivity contribution in [3.8, 4) is 0 Å². The Balaban J connectivity index is 0.00000111. The van der Waals surface area contributed by atoms with Crippen LogP contribution in [0.5, 0.6) is 0 Å². The van der Waals surface area contributed by atoms with Gasteiger partial charge in [-0.15, -0.1) is 12.4 Å². The second kappa shape index (κ2) is 38.2. The molecule has 85 heavy (non-hydrogen) atoms. The van der Waals surface area contributed by atoms with Crippen LogP contribution in [-0.2, 0) is 73.6 Å². The van der Waals surface area contributed by atoms with Gasteiger partial charge < -0.3 is 41.0 Å². The molecular weight excluding hydrogens is 1250 g/mol. The zero-order valence-electron chi connectivity index (χ0n) is 51.3. The van der Waals surface area contributed by atoms with Gasteiger partial charge in [0.15, 0.2) is 0 Å². The SMILES string of the molecule is C=Cc1ccccc1C[C@H](N)C(=O)N(C)OC.C=Cc1ccccc1C[C@H](NC(=O)OC(C)(C)C)C(=O)N(C)OC.CC(C)(C)OC(=O)N[C@@H](Cc1ccccc1Br)C(=O)O.CON(C)C(=O)[C@H](Cc1ccccc1Br)NC(=O)OC(C)(C)C.Cl. The third-order valence-electron chi connectivity index (χ3n) is 11.2. The smallest absolute Gasteiger partial charge is 0.408 e. The van der Waals surface area contributed by atoms with Crippen LogP contribution in [0.3, 0.4) is 0 Å². The summed E-state index contributed by atoms with van der Waals surface area (Å²) in [4.78, 5) is 98.2. The summed E-state index contributed by atoms with van der Waals surface area (Å²) in [5.74, 6) is -2.09. The molecule has 21 nitrogen and oxygen atoms in total. The number of carbonyl (C=O) groups excluding carboxylic acids is 6. The van der Waals surface area contributed by atoms with E-state index in [1.54, 1.807) is 87.6 Å². The van der Waals surface area contributed by atoms with Gasteiger partial charge in [0.25, 0.3) is 17.7 Å². The third-order valence-corrected chi connectivity index (χ3v) is 12.8. The highest BCUT2D eigenvalue weighted by Gasteiger charge is 2.30. The maximum absolute atomic E-state index is 12.5. The van der Waals surface area contributed by atoms with Crippen molar-refractivity contribution in [2.24, 2.45) is 5.73 Å². The van der Waals surface area contributed by atoms with Crippen molar-refractivity contribution in [1.82, 2.24) is 31.1 Å². The fourth-order valence-corrected chi connectivity index (χ4v) is 7.94. The van der Waals surface area contributed by atoms with Gasteiger partial charge in [-0.3, -0.25) is 28.9 Å². The number of amides is 6. The molecule has 4 atom stereocenters. The van der Waals surface area contributed by atoms with Gasteiger partial charge >= 0.3 is 24.2 Å². The lowest BCUT2D eigenvalue weighted by Gasteiger charge is -2.25. The number of hydrogen-bond donors (Lipinski definition) is 5. The van der Waals surface area contributed by atoms with Gasteiger partial charge in [0.2, 0.25) is 0 Å². The van der Waals surface area contributed by atoms with Crippen LogP contribution >= 0.6 is 44.3 Å². The Labute approximate surface area is 523 Å². The van der Waals surface area contributed by atoms with Crippen molar-refractivity contribution in [2.45, 2.75) is 129 Å². The number of halogens is 3. The first-order valence-corrected chi connectivity index (χ1v) is 28.0. The number of nitrogens with two attached hydrogens (primary N) is 1. The summed E-state index contributed by atoms with van der Waals surface area (Å²) in [6.45, 7) is 23.2. The molecular formula is C61H86Br2ClN7O14. The van der Waals surface area contributed by atoms with Gasteiger partial charge in [0.05, 0.1) is 27.4 Å². The molecule has 6 N–H and O–H groups in total. The zero-order valence-corrected chi connectivity index (χ0v) is 55.3. The zero-order chi connectivity index (χ0) is 64.1. The third kappa shape index (κ3) is 31.2. The van der Waals surface area contributed by atoms with E-state index in [0.717, 1.165) is 57.5 Å². The van der Waals surface area contributed by atoms with Crippen molar-refractivity contribution >= 4 is 98.4 Å². The summed E-state index contributed by atoms with van der Waals surface area (Å²) in [6.07, 6.45) is 2.69. The molecule has 0 aromatic heterocycles. The predicted octanol–water partition coefficient (Wildman–Crippen LogP) is 10.3. The van der Waals surface area contributed by atoms with E-state index in [-0.39, 0.29) is 36.5 Å². The predicted molar refractivity (Wildman–Crippen MR) is 338 cm³/mol. The number of benzene rings is 4. The number of likely N-dealkylation sites (N-methyl/N-ethyl adjacent to an activating group) is 3. The molecule has 0 saturated heterocycles. The summed E-state index contributed by atoms with van der Waals surface area (Å²) in [5.41, 5.74) is 9.39. The van der Waals surface area contributed by atoms with E-state index < -0.39 is 65.2 Å². The average Bonchev–Trinajstić information content (AvgIpc) is 3.63. The van der Waals surface area contributed by atoms with Crippen LogP contribution in [0.2, 0.25) is 0 Å². The number of hydroxylamine groups is 6. The first kappa shape index (κ1) is 78.1. The first-order valence-electron chi connectivity index (χ1n) is 26.4. The number of rotatable bonds is 20. The van der Waals surface area contributed by atoms with Crippen molar-refractivity contribution < 1.29 is 67.4 Å². The number of aliphatic carboxylic acids is 1. The van der Waals surface area contributed by atoms with Gasteiger partial charge in [-0.25, -0.2) is 34.4 Å². The van der Waals surface area contributed by atoms with Crippen LogP contribution in [0.4, 0.5) is 14.4 Å². The van der Waals surface area contributed by atoms with Crippen LogP contribution < -0.4 is 21.7 Å². The van der Waals surface area contributed by atoms with E-state index in [4.69, 9.17) is 34.5 Å². The van der Waals surface area contributed by atoms with Gasteiger partial charge in [0.1, 0.15) is 34.9 Å². The van der Waals surface area contributed by atoms with Crippen LogP contribution in [0.1, 0.15) is 95.7 Å². The molecule has 0 radical (unpaired) electrons. The standard InChI is InChI=1S/C18H26N2O4.C16H23BrN2O4.C14H18BrNO4.C13H18N2O2.ClH/c1-7-13-10-8-9-11-14(13)12-15(16(21)20(5)23-6)19-17(22)24-18(2,3)4;1-16(2,3)23-15(21)18-13(14(20)19(4)22-5)10-11-8-6-7-9-12(11)17;1-14(2,3)20-13(19)16-11(12(17)18)8-9-6-4-5-7-10(9)15;1-4-10-7-5-6-8-11(10)9-12(14)13(16)15(2)17-3;/h7-11,15H,1,12H2,2-6H3,(H,19,22);6-9,13H,10H2,1-5H3,(H,18,21);4-7,11H,8H2,1-3H3,(H,16,19)(H,17,18);4-8,12H,1,9,14H2,2-3H3;1H/t15-;13-;11-;12-;/m0000./s1. The Morgan fingerprint density at radius 3 is 1.07 bits per heavy atom. The Hall–Kier alpha value is -6.86. The lowest BCUT2D eigenvalue weighted by molar-refractivity contribution is -0.171. The first-order chi connectivity index (χ1) is 39.1. The molecule has 4 rings (SSSR count). The van der Waals surface area contributed by atoms with Gasteiger partial charge in [-0.05, 0) is 114 Å². The van der Waals surface area contributed by atoms with Crippen LogP contribution in [0.25, 0.3) is 12.2 Å². The maximum Gasteiger partial charge on any atom is 0.408 e. The monoisotopic (exact) mass is 1330 g/mol. The Bertz CT molecular complexity index is 2810. The lowest BCUT2D eigenvalue weighted by Crippen LogP contribution is -2.49. The molecule has 0 unspecified atom stereocenters. The largest absolute Gasteiger partial charge is 0.480 e. The molecule has 6 amide bonds. The fraction of sp³-hybridized carbons (Fsp3) is 0.426. The normalized spacial score (nSPS) is 12.2. The molecule has 0 fully saturated rings. The number of alkyl carbamates (subject to hydrolysis) is 3. The number of nitrogens with zero attached hydrogens (tertiary/aromatic N) is 3. The van der Waals surface area contributed by atoms with Crippen LogP contribution in [-0.4, -0.2) is 146 Å². The number of hydrogen-bond acceptors (Lipinski definition) is 14. The van der Waals surface area contributed by atoms with E-state index in [0.29, 0.717) is 19.3 Å². The summed E-state index contributed by atoms with van der Waals surface area (Å²) < 4.78 is 17.2. The number of ether oxygens (including phenoxy) is 3. The highest BCUT2D eigenvalue weighted by atomic mass is 79.9. The minimum absolute atomic E-state index is 0. The molecule has 4 aromatic carbocycles. The van der Waals surface area contributed by atoms with Crippen molar-refractivity contribution in [1.29, 1.82) is 0 Å². The summed E-state index contributed by atoms with van der Waals surface area (Å²) in [7, 11) is 8.74. The second-order valence-corrected chi connectivity index (χ2v) is 23.1. The van der Waals surface area contributed by atoms with E-state index in [1.807, 2.05) is 91.0 Å². The van der Waals surface area contributed by atoms with E-state index in [9.17, 15) is 38.7 Å². The molecule has 4 aromatic rings. The molecule has 24 heteroatoms. The summed E-state index contributed by atoms with van der Waals surface area (Å²) in [5, 5.41) is 20.1. The second-order valence-electron chi connectivity index (χ2n) is 21.4. The summed E-state index contributed by atoms with van der Waals surface area (Å²) >= 11 is 6.80. The number of carbonyl (C=O) groups is 7. The highest BCUT2D eigenvalue weighted by molar-refractivity contribution is 9.10. The summed E-state index contributed by atoms with van der Waals surface area (Å²) in [6, 6.07) is 26.8. The van der Waals surface area contributed by atoms with Gasteiger partial charge in [0, 0.05) is 49.4 Å². The molecule has 0 spiro atoms. The average molecular weight is 1340 g/mol. The van der Waals surface area contributed by atoms with E-state index >= 15 is 0 Å². The van der Waals surface area contributed by atoms with Crippen molar-refractivity contribution in [3.63, 3.8) is 0 Å². The molecule has 0 aliphatic heterocycles. The number of carboxylic acid groups (broad SMARTS) is 1. The highest BCUT2D eigenvalue weighted by Crippen LogP contribution is 2.21. The lowest BCUT2D eigenvalue weighted by atomic mass is 9.99. The fourth-order valence-electron chi connectivity index (χ4n) is 7.04. The topological polar surface area (TPSA) is 267 Å². The van der Waals surface area contributed by atoms with Gasteiger partial charge in [-0.1, -0.05) is 142 Å². The Morgan fingerprint density at radius 2 is 0.765 bits per heavy atom. The maximum atomic E-state index is 12.5. The molecule has 0 bridgehead atoms. The Kier molecular flexibility index (Phi) is 35.2. The number of nitrogens with one attached hydrogen (secondary N) is 3. The molecule has 0 heterocycles. The molecule has 0 aliphatic carbocycles. The molecule has 0 aliphatic rings. The Morgan fingerprint density at radius 1 is 0.494 bits per heavy atom. The van der Waals surface area contributed by atoms with Crippen LogP contribution in [0.15, 0.2) is 119 Å². The van der Waals surface area contributed by atoms with E-state index in [1.165, 1.54) is 35.4 Å². The molecule has 470 valence electrons. The van der Waals surface area contributed by atoms with Gasteiger partial charge in [-0.2, -0.15) is 0 Å². The minimum Gasteiger partial charge on any atom is -0.480 e. The molecule has 0 saturated carbocycles. The van der Waals surface area contributed by atoms with Crippen LogP contribution in [0, 0.1) is 0 Å². The number of carboxylic acids is 1. The van der Waals surface area contributed by atoms with E-state index in [2.05, 4.69) is 61.0 Å². The van der Waals surface area contributed by atoms with Crippen molar-refractivity contribution in [2.75, 3.05) is 42.5 Å².